The summed E-state index contributed by atoms with van der Waals surface area (Å²) >= 11 is 1.37. The van der Waals surface area contributed by atoms with Crippen LogP contribution in [0.15, 0.2) is 53.4 Å². The van der Waals surface area contributed by atoms with Gasteiger partial charge >= 0.3 is 0 Å². The second kappa shape index (κ2) is 9.78. The van der Waals surface area contributed by atoms with Crippen LogP contribution in [-0.4, -0.2) is 41.6 Å². The molecule has 5 nitrogen and oxygen atoms in total. The first-order valence-electron chi connectivity index (χ1n) is 8.66. The van der Waals surface area contributed by atoms with Crippen molar-refractivity contribution in [1.82, 2.24) is 4.90 Å². The number of anilines is 1. The maximum atomic E-state index is 12.7. The van der Waals surface area contributed by atoms with Gasteiger partial charge in [0.05, 0.1) is 11.3 Å². The van der Waals surface area contributed by atoms with E-state index < -0.39 is 0 Å². The van der Waals surface area contributed by atoms with Gasteiger partial charge in [0.25, 0.3) is 5.91 Å². The van der Waals surface area contributed by atoms with Crippen LogP contribution in [0.2, 0.25) is 0 Å². The zero-order valence-corrected chi connectivity index (χ0v) is 16.8. The van der Waals surface area contributed by atoms with Gasteiger partial charge in [0.2, 0.25) is 5.91 Å². The van der Waals surface area contributed by atoms with Gasteiger partial charge in [-0.15, -0.1) is 24.2 Å². The quantitative estimate of drug-likeness (QED) is 0.748. The van der Waals surface area contributed by atoms with Gasteiger partial charge in [-0.05, 0) is 37.6 Å². The average molecular weight is 406 g/mol. The molecule has 7 heteroatoms. The maximum absolute atomic E-state index is 12.7. The number of aryl methyl sites for hydroxylation is 1. The fourth-order valence-corrected chi connectivity index (χ4v) is 3.73. The molecule has 0 aromatic heterocycles. The number of carbonyl (C=O) groups excluding carboxylic acids is 2. The largest absolute Gasteiger partial charge is 0.337 e. The van der Waals surface area contributed by atoms with E-state index in [9.17, 15) is 9.59 Å². The van der Waals surface area contributed by atoms with Crippen molar-refractivity contribution in [2.24, 2.45) is 5.73 Å². The van der Waals surface area contributed by atoms with Gasteiger partial charge in [0.15, 0.2) is 0 Å². The number of likely N-dealkylation sites (tertiary alicyclic amines) is 1. The van der Waals surface area contributed by atoms with Crippen LogP contribution < -0.4 is 11.1 Å². The Kier molecular flexibility index (Phi) is 7.71. The highest BCUT2D eigenvalue weighted by atomic mass is 35.5. The summed E-state index contributed by atoms with van der Waals surface area (Å²) in [5, 5.41) is 2.88. The Hall–Kier alpha value is -2.02. The lowest BCUT2D eigenvalue weighted by Gasteiger charge is -2.17. The number of amides is 2. The Labute approximate surface area is 170 Å². The zero-order valence-electron chi connectivity index (χ0n) is 15.2. The number of nitrogens with two attached hydrogens (primary N) is 1. The number of thioether (sulfide) groups is 1. The summed E-state index contributed by atoms with van der Waals surface area (Å²) < 4.78 is 0. The van der Waals surface area contributed by atoms with E-state index in [0.29, 0.717) is 18.7 Å². The molecule has 1 saturated heterocycles. The highest BCUT2D eigenvalue weighted by Gasteiger charge is 2.26. The summed E-state index contributed by atoms with van der Waals surface area (Å²) in [7, 11) is 0. The topological polar surface area (TPSA) is 75.4 Å². The van der Waals surface area contributed by atoms with Crippen LogP contribution in [-0.2, 0) is 4.79 Å². The standard InChI is InChI=1S/C20H23N3O2S.ClH/c1-14-6-8-16(9-7-14)22-19(24)13-26-18-5-3-2-4-17(18)20(25)23-11-10-15(21)12-23;/h2-9,15H,10-13,21H2,1H3,(H,22,24);1H/t15-;/m1./s1. The molecule has 0 bridgehead atoms. The third kappa shape index (κ3) is 5.73. The molecule has 2 amide bonds. The molecule has 2 aromatic carbocycles. The molecule has 27 heavy (non-hydrogen) atoms. The third-order valence-electron chi connectivity index (χ3n) is 4.32. The van der Waals surface area contributed by atoms with E-state index in [4.69, 9.17) is 5.73 Å². The summed E-state index contributed by atoms with van der Waals surface area (Å²) in [6, 6.07) is 15.2. The lowest BCUT2D eigenvalue weighted by Crippen LogP contribution is -2.32. The molecule has 144 valence electrons. The van der Waals surface area contributed by atoms with E-state index in [0.717, 1.165) is 22.6 Å². The number of benzene rings is 2. The fourth-order valence-electron chi connectivity index (χ4n) is 2.89. The SMILES string of the molecule is Cc1ccc(NC(=O)CSc2ccccc2C(=O)N2CC[C@@H](N)C2)cc1.Cl. The van der Waals surface area contributed by atoms with Crippen LogP contribution in [0, 0.1) is 6.92 Å². The van der Waals surface area contributed by atoms with Crippen LogP contribution >= 0.6 is 24.2 Å². The van der Waals surface area contributed by atoms with Crippen molar-refractivity contribution in [2.75, 3.05) is 24.2 Å². The Bertz CT molecular complexity index is 798. The molecular weight excluding hydrogens is 382 g/mol. The molecule has 0 aliphatic carbocycles. The smallest absolute Gasteiger partial charge is 0.255 e. The van der Waals surface area contributed by atoms with Crippen LogP contribution in [0.1, 0.15) is 22.3 Å². The number of carbonyl (C=O) groups is 2. The molecule has 1 fully saturated rings. The predicted molar refractivity (Wildman–Crippen MR) is 113 cm³/mol. The molecular formula is C20H24ClN3O2S. The minimum Gasteiger partial charge on any atom is -0.337 e. The Balaban J connectivity index is 0.00000261. The molecule has 1 aliphatic heterocycles. The summed E-state index contributed by atoms with van der Waals surface area (Å²) in [6.07, 6.45) is 0.833. The molecule has 3 N–H and O–H groups in total. The van der Waals surface area contributed by atoms with Crippen molar-refractivity contribution in [2.45, 2.75) is 24.3 Å². The number of halogens is 1. The predicted octanol–water partition coefficient (Wildman–Crippen LogP) is 3.32. The van der Waals surface area contributed by atoms with E-state index >= 15 is 0 Å². The Morgan fingerprint density at radius 2 is 1.89 bits per heavy atom. The molecule has 3 rings (SSSR count). The number of rotatable bonds is 5. The van der Waals surface area contributed by atoms with E-state index in [2.05, 4.69) is 5.32 Å². The molecule has 1 atom stereocenters. The van der Waals surface area contributed by atoms with Crippen molar-refractivity contribution >= 4 is 41.7 Å². The minimum absolute atomic E-state index is 0. The van der Waals surface area contributed by atoms with E-state index in [1.165, 1.54) is 11.8 Å². The van der Waals surface area contributed by atoms with E-state index in [1.807, 2.05) is 55.5 Å². The van der Waals surface area contributed by atoms with Gasteiger partial charge in [-0.1, -0.05) is 29.8 Å². The summed E-state index contributed by atoms with van der Waals surface area (Å²) in [4.78, 5) is 27.5. The second-order valence-electron chi connectivity index (χ2n) is 6.50. The summed E-state index contributed by atoms with van der Waals surface area (Å²) in [6.45, 7) is 3.28. The van der Waals surface area contributed by atoms with Gasteiger partial charge in [-0.25, -0.2) is 0 Å². The maximum Gasteiger partial charge on any atom is 0.255 e. The summed E-state index contributed by atoms with van der Waals surface area (Å²) in [5.74, 6) is 0.141. The summed E-state index contributed by atoms with van der Waals surface area (Å²) in [5.41, 5.74) is 8.46. The molecule has 0 spiro atoms. The van der Waals surface area contributed by atoms with Crippen molar-refractivity contribution in [3.8, 4) is 0 Å². The monoisotopic (exact) mass is 405 g/mol. The lowest BCUT2D eigenvalue weighted by atomic mass is 10.2. The van der Waals surface area contributed by atoms with Crippen molar-refractivity contribution in [3.05, 3.63) is 59.7 Å². The molecule has 0 unspecified atom stereocenters. The molecule has 1 heterocycles. The highest BCUT2D eigenvalue weighted by Crippen LogP contribution is 2.25. The molecule has 0 saturated carbocycles. The van der Waals surface area contributed by atoms with Gasteiger partial charge in [-0.2, -0.15) is 0 Å². The lowest BCUT2D eigenvalue weighted by molar-refractivity contribution is -0.113. The van der Waals surface area contributed by atoms with Crippen molar-refractivity contribution in [1.29, 1.82) is 0 Å². The second-order valence-corrected chi connectivity index (χ2v) is 7.52. The van der Waals surface area contributed by atoms with Crippen LogP contribution in [0.4, 0.5) is 5.69 Å². The highest BCUT2D eigenvalue weighted by molar-refractivity contribution is 8.00. The Morgan fingerprint density at radius 3 is 2.56 bits per heavy atom. The number of hydrogen-bond donors (Lipinski definition) is 2. The van der Waals surface area contributed by atoms with Gasteiger partial charge < -0.3 is 16.0 Å². The molecule has 1 aliphatic rings. The van der Waals surface area contributed by atoms with E-state index in [1.54, 1.807) is 4.90 Å². The van der Waals surface area contributed by atoms with Gasteiger partial charge in [0.1, 0.15) is 0 Å². The fraction of sp³-hybridized carbons (Fsp3) is 0.300. The Morgan fingerprint density at radius 1 is 1.19 bits per heavy atom. The minimum atomic E-state index is -0.0932. The first-order valence-corrected chi connectivity index (χ1v) is 9.64. The van der Waals surface area contributed by atoms with Crippen LogP contribution in [0.3, 0.4) is 0 Å². The van der Waals surface area contributed by atoms with Gasteiger partial charge in [0, 0.05) is 29.7 Å². The number of hydrogen-bond acceptors (Lipinski definition) is 4. The zero-order chi connectivity index (χ0) is 18.5. The number of nitrogens with zero attached hydrogens (tertiary/aromatic N) is 1. The first kappa shape index (κ1) is 21.3. The van der Waals surface area contributed by atoms with Crippen molar-refractivity contribution < 1.29 is 9.59 Å². The van der Waals surface area contributed by atoms with E-state index in [-0.39, 0.29) is 36.0 Å². The normalized spacial score (nSPS) is 15.9. The number of nitrogens with one attached hydrogen (secondary N) is 1. The molecule has 0 radical (unpaired) electrons. The van der Waals surface area contributed by atoms with Crippen LogP contribution in [0.5, 0.6) is 0 Å². The molecule has 2 aromatic rings. The van der Waals surface area contributed by atoms with Crippen LogP contribution in [0.25, 0.3) is 0 Å². The first-order chi connectivity index (χ1) is 12.5. The van der Waals surface area contributed by atoms with Crippen molar-refractivity contribution in [3.63, 3.8) is 0 Å². The van der Waals surface area contributed by atoms with Gasteiger partial charge in [-0.3, -0.25) is 9.59 Å². The average Bonchev–Trinajstić information content (AvgIpc) is 3.08. The third-order valence-corrected chi connectivity index (χ3v) is 5.40.